The lowest BCUT2D eigenvalue weighted by atomic mass is 10.2. The molecule has 108 valence electrons. The first-order chi connectivity index (χ1) is 10.1. The van der Waals surface area contributed by atoms with Gasteiger partial charge in [-0.15, -0.1) is 0 Å². The largest absolute Gasteiger partial charge is 0.465 e. The minimum Gasteiger partial charge on any atom is -0.465 e. The fourth-order valence-electron chi connectivity index (χ4n) is 1.67. The van der Waals surface area contributed by atoms with Crippen molar-refractivity contribution in [1.82, 2.24) is 0 Å². The molecule has 21 heavy (non-hydrogen) atoms. The third-order valence-electron chi connectivity index (χ3n) is 2.73. The summed E-state index contributed by atoms with van der Waals surface area (Å²) < 4.78 is 4.60. The number of nitrogen functional groups attached to an aromatic ring is 1. The molecule has 2 aromatic rings. The molecule has 0 unspecified atom stereocenters. The lowest BCUT2D eigenvalue weighted by molar-refractivity contribution is 0.0601. The Kier molecular flexibility index (Phi) is 4.40. The van der Waals surface area contributed by atoms with Crippen LogP contribution in [0, 0.1) is 0 Å². The molecule has 0 bridgehead atoms. The first-order valence-corrected chi connectivity index (χ1v) is 6.20. The Morgan fingerprint density at radius 3 is 1.86 bits per heavy atom. The molecule has 0 aliphatic heterocycles. The van der Waals surface area contributed by atoms with E-state index in [9.17, 15) is 9.59 Å². The van der Waals surface area contributed by atoms with Gasteiger partial charge in [0.15, 0.2) is 0 Å². The standard InChI is InChI=1S/C15H15N3O3/c1-21-14(19)10-2-6-12(7-3-10)17-15(20)18-13-8-4-11(16)5-9-13/h2-9H,16H2,1H3,(H2,17,18,20). The summed E-state index contributed by atoms with van der Waals surface area (Å²) in [4.78, 5) is 23.1. The molecule has 2 aromatic carbocycles. The molecule has 2 amide bonds. The summed E-state index contributed by atoms with van der Waals surface area (Å²) in [5.41, 5.74) is 7.81. The molecule has 0 atom stereocenters. The van der Waals surface area contributed by atoms with Crippen molar-refractivity contribution in [3.63, 3.8) is 0 Å². The van der Waals surface area contributed by atoms with Crippen LogP contribution in [0.3, 0.4) is 0 Å². The second-order valence-corrected chi connectivity index (χ2v) is 4.27. The SMILES string of the molecule is COC(=O)c1ccc(NC(=O)Nc2ccc(N)cc2)cc1. The Morgan fingerprint density at radius 1 is 0.905 bits per heavy atom. The predicted octanol–water partition coefficient (Wildman–Crippen LogP) is 2.70. The van der Waals surface area contributed by atoms with Crippen LogP contribution < -0.4 is 16.4 Å². The van der Waals surface area contributed by atoms with Crippen molar-refractivity contribution in [2.45, 2.75) is 0 Å². The summed E-state index contributed by atoms with van der Waals surface area (Å²) in [6, 6.07) is 12.8. The van der Waals surface area contributed by atoms with Gasteiger partial charge in [0.1, 0.15) is 0 Å². The Balaban J connectivity index is 1.96. The summed E-state index contributed by atoms with van der Waals surface area (Å²) in [5.74, 6) is -0.423. The van der Waals surface area contributed by atoms with Crippen LogP contribution in [0.1, 0.15) is 10.4 Å². The number of urea groups is 1. The van der Waals surface area contributed by atoms with Gasteiger partial charge in [0.25, 0.3) is 0 Å². The van der Waals surface area contributed by atoms with Crippen molar-refractivity contribution in [3.8, 4) is 0 Å². The van der Waals surface area contributed by atoms with Crippen molar-refractivity contribution in [2.75, 3.05) is 23.5 Å². The van der Waals surface area contributed by atoms with Crippen molar-refractivity contribution in [1.29, 1.82) is 0 Å². The number of hydrogen-bond acceptors (Lipinski definition) is 4. The summed E-state index contributed by atoms with van der Waals surface area (Å²) in [7, 11) is 1.31. The number of benzene rings is 2. The summed E-state index contributed by atoms with van der Waals surface area (Å²) in [6.07, 6.45) is 0. The number of rotatable bonds is 3. The third kappa shape index (κ3) is 3.97. The number of nitrogens with two attached hydrogens (primary N) is 1. The number of hydrogen-bond donors (Lipinski definition) is 3. The highest BCUT2D eigenvalue weighted by Gasteiger charge is 2.06. The number of anilines is 3. The van der Waals surface area contributed by atoms with Gasteiger partial charge in [-0.1, -0.05) is 0 Å². The minimum atomic E-state index is -0.423. The summed E-state index contributed by atoms with van der Waals surface area (Å²) in [6.45, 7) is 0. The molecule has 0 saturated carbocycles. The highest BCUT2D eigenvalue weighted by molar-refractivity contribution is 6.00. The van der Waals surface area contributed by atoms with E-state index in [4.69, 9.17) is 5.73 Å². The second-order valence-electron chi connectivity index (χ2n) is 4.27. The average molecular weight is 285 g/mol. The molecule has 2 rings (SSSR count). The topological polar surface area (TPSA) is 93.4 Å². The number of ether oxygens (including phenoxy) is 1. The molecular weight excluding hydrogens is 270 g/mol. The normalized spacial score (nSPS) is 9.76. The van der Waals surface area contributed by atoms with Crippen molar-refractivity contribution < 1.29 is 14.3 Å². The van der Waals surface area contributed by atoms with Crippen LogP contribution in [0.4, 0.5) is 21.9 Å². The quantitative estimate of drug-likeness (QED) is 0.597. The van der Waals surface area contributed by atoms with Crippen LogP contribution in [-0.4, -0.2) is 19.1 Å². The van der Waals surface area contributed by atoms with Crippen molar-refractivity contribution >= 4 is 29.1 Å². The number of nitrogens with one attached hydrogen (secondary N) is 2. The summed E-state index contributed by atoms with van der Waals surface area (Å²) in [5, 5.41) is 5.32. The zero-order valence-corrected chi connectivity index (χ0v) is 11.4. The maximum Gasteiger partial charge on any atom is 0.337 e. The molecule has 0 heterocycles. The predicted molar refractivity (Wildman–Crippen MR) is 81.3 cm³/mol. The minimum absolute atomic E-state index is 0.384. The van der Waals surface area contributed by atoms with Crippen LogP contribution in [0.15, 0.2) is 48.5 Å². The lowest BCUT2D eigenvalue weighted by Crippen LogP contribution is -2.19. The smallest absolute Gasteiger partial charge is 0.337 e. The number of carbonyl (C=O) groups is 2. The monoisotopic (exact) mass is 285 g/mol. The van der Waals surface area contributed by atoms with E-state index >= 15 is 0 Å². The Bertz CT molecular complexity index is 636. The van der Waals surface area contributed by atoms with Gasteiger partial charge in [-0.2, -0.15) is 0 Å². The Morgan fingerprint density at radius 2 is 1.38 bits per heavy atom. The molecule has 0 spiro atoms. The number of carbonyl (C=O) groups excluding carboxylic acids is 2. The fraction of sp³-hybridized carbons (Fsp3) is 0.0667. The molecule has 0 saturated heterocycles. The van der Waals surface area contributed by atoms with E-state index in [0.717, 1.165) is 0 Å². The summed E-state index contributed by atoms with van der Waals surface area (Å²) >= 11 is 0. The van der Waals surface area contributed by atoms with Crippen molar-refractivity contribution in [3.05, 3.63) is 54.1 Å². The van der Waals surface area contributed by atoms with Crippen molar-refractivity contribution in [2.24, 2.45) is 0 Å². The average Bonchev–Trinajstić information content (AvgIpc) is 2.49. The maximum absolute atomic E-state index is 11.8. The molecular formula is C15H15N3O3. The van der Waals surface area contributed by atoms with Gasteiger partial charge in [0, 0.05) is 17.1 Å². The van der Waals surface area contributed by atoms with Crippen LogP contribution >= 0.6 is 0 Å². The zero-order chi connectivity index (χ0) is 15.2. The highest BCUT2D eigenvalue weighted by Crippen LogP contribution is 2.13. The van der Waals surface area contributed by atoms with E-state index in [0.29, 0.717) is 22.6 Å². The molecule has 4 N–H and O–H groups in total. The lowest BCUT2D eigenvalue weighted by Gasteiger charge is -2.08. The van der Waals surface area contributed by atoms with Gasteiger partial charge in [-0.3, -0.25) is 0 Å². The van der Waals surface area contributed by atoms with Gasteiger partial charge in [0.05, 0.1) is 12.7 Å². The molecule has 0 radical (unpaired) electrons. The van der Waals surface area contributed by atoms with Gasteiger partial charge >= 0.3 is 12.0 Å². The molecule has 0 aromatic heterocycles. The fourth-order valence-corrected chi connectivity index (χ4v) is 1.67. The van der Waals surface area contributed by atoms with Crippen LogP contribution in [-0.2, 0) is 4.74 Å². The van der Waals surface area contributed by atoms with Gasteiger partial charge in [0.2, 0.25) is 0 Å². The van der Waals surface area contributed by atoms with E-state index in [2.05, 4.69) is 15.4 Å². The van der Waals surface area contributed by atoms with Crippen LogP contribution in [0.2, 0.25) is 0 Å². The highest BCUT2D eigenvalue weighted by atomic mass is 16.5. The second kappa shape index (κ2) is 6.42. The number of esters is 1. The van der Waals surface area contributed by atoms with E-state index in [1.165, 1.54) is 7.11 Å². The molecule has 0 aliphatic carbocycles. The van der Waals surface area contributed by atoms with E-state index in [1.54, 1.807) is 48.5 Å². The maximum atomic E-state index is 11.8. The van der Waals surface area contributed by atoms with E-state index in [1.807, 2.05) is 0 Å². The first kappa shape index (κ1) is 14.4. The third-order valence-corrected chi connectivity index (χ3v) is 2.73. The van der Waals surface area contributed by atoms with Crippen LogP contribution in [0.25, 0.3) is 0 Å². The van der Waals surface area contributed by atoms with E-state index in [-0.39, 0.29) is 6.03 Å². The van der Waals surface area contributed by atoms with Gasteiger partial charge < -0.3 is 21.1 Å². The van der Waals surface area contributed by atoms with Gasteiger partial charge in [-0.05, 0) is 48.5 Å². The Hall–Kier alpha value is -3.02. The molecule has 0 aliphatic rings. The first-order valence-electron chi connectivity index (χ1n) is 6.20. The van der Waals surface area contributed by atoms with E-state index < -0.39 is 5.97 Å². The molecule has 6 heteroatoms. The molecule has 6 nitrogen and oxygen atoms in total. The number of methoxy groups -OCH3 is 1. The van der Waals surface area contributed by atoms with Gasteiger partial charge in [-0.25, -0.2) is 9.59 Å². The van der Waals surface area contributed by atoms with Crippen LogP contribution in [0.5, 0.6) is 0 Å². The molecule has 0 fully saturated rings. The number of amides is 2. The Labute approximate surface area is 121 Å². The zero-order valence-electron chi connectivity index (χ0n) is 11.4.